The number of benzene rings is 1. The van der Waals surface area contributed by atoms with Crippen LogP contribution in [0, 0.1) is 5.41 Å². The van der Waals surface area contributed by atoms with Crippen LogP contribution in [-0.2, 0) is 15.9 Å². The highest BCUT2D eigenvalue weighted by Gasteiger charge is 2.27. The predicted molar refractivity (Wildman–Crippen MR) is 102 cm³/mol. The van der Waals surface area contributed by atoms with Crippen molar-refractivity contribution in [2.24, 2.45) is 5.41 Å². The largest absolute Gasteiger partial charge is 0.352 e. The van der Waals surface area contributed by atoms with E-state index in [1.807, 2.05) is 12.1 Å². The van der Waals surface area contributed by atoms with Crippen LogP contribution < -0.4 is 0 Å². The Morgan fingerprint density at radius 3 is 2.36 bits per heavy atom. The third-order valence-electron chi connectivity index (χ3n) is 4.76. The van der Waals surface area contributed by atoms with Crippen molar-refractivity contribution in [1.29, 1.82) is 0 Å². The molecule has 0 spiro atoms. The van der Waals surface area contributed by atoms with E-state index in [2.05, 4.69) is 32.9 Å². The van der Waals surface area contributed by atoms with E-state index >= 15 is 0 Å². The first-order chi connectivity index (χ1) is 12.0. The van der Waals surface area contributed by atoms with Crippen molar-refractivity contribution in [3.05, 3.63) is 35.4 Å². The van der Waals surface area contributed by atoms with Crippen LogP contribution >= 0.6 is 0 Å². The zero-order valence-electron chi connectivity index (χ0n) is 16.2. The molecule has 1 heterocycles. The Labute approximate surface area is 153 Å². The van der Waals surface area contributed by atoms with Gasteiger partial charge in [-0.15, -0.1) is 0 Å². The van der Waals surface area contributed by atoms with Crippen LogP contribution in [0.2, 0.25) is 0 Å². The summed E-state index contributed by atoms with van der Waals surface area (Å²) >= 11 is 0. The van der Waals surface area contributed by atoms with Gasteiger partial charge in [-0.05, 0) is 31.2 Å². The van der Waals surface area contributed by atoms with Crippen molar-refractivity contribution in [1.82, 2.24) is 0 Å². The number of carbonyl (C=O) groups excluding carboxylic acids is 1. The molecule has 0 unspecified atom stereocenters. The van der Waals surface area contributed by atoms with Gasteiger partial charge in [0.05, 0.1) is 13.2 Å². The van der Waals surface area contributed by atoms with Crippen molar-refractivity contribution in [2.75, 3.05) is 13.2 Å². The molecule has 1 fully saturated rings. The molecule has 25 heavy (non-hydrogen) atoms. The molecule has 1 aliphatic heterocycles. The van der Waals surface area contributed by atoms with Crippen LogP contribution in [0.5, 0.6) is 0 Å². The number of rotatable bonds is 10. The minimum atomic E-state index is -0.147. The van der Waals surface area contributed by atoms with E-state index in [-0.39, 0.29) is 17.5 Å². The summed E-state index contributed by atoms with van der Waals surface area (Å²) in [5.74, 6) is 0.216. The third kappa shape index (κ3) is 7.29. The average molecular weight is 347 g/mol. The van der Waals surface area contributed by atoms with Crippen LogP contribution in [0.4, 0.5) is 0 Å². The van der Waals surface area contributed by atoms with Crippen LogP contribution in [0.25, 0.3) is 0 Å². The zero-order chi connectivity index (χ0) is 18.1. The molecule has 0 aliphatic carbocycles. The standard InChI is InChI=1S/C22H34O3/c1-4-5-6-7-9-18-12-14-19(15-13-18)20(23)10-8-11-21-24-16-22(2,3)17-25-21/h12-15,21H,4-11,16-17H2,1-3H3. The Kier molecular flexibility index (Phi) is 8.11. The highest BCUT2D eigenvalue weighted by atomic mass is 16.7. The molecule has 0 radical (unpaired) electrons. The molecule has 1 aromatic carbocycles. The van der Waals surface area contributed by atoms with Gasteiger partial charge in [0, 0.05) is 17.4 Å². The quantitative estimate of drug-likeness (QED) is 0.411. The van der Waals surface area contributed by atoms with Crippen LogP contribution in [0.1, 0.15) is 81.6 Å². The number of Topliss-reactive ketones (excluding diaryl/α,β-unsaturated/α-hetero) is 1. The van der Waals surface area contributed by atoms with Gasteiger partial charge in [0.1, 0.15) is 0 Å². The molecule has 0 atom stereocenters. The third-order valence-corrected chi connectivity index (χ3v) is 4.76. The summed E-state index contributed by atoms with van der Waals surface area (Å²) in [6.07, 6.45) is 8.22. The maximum Gasteiger partial charge on any atom is 0.162 e. The lowest BCUT2D eigenvalue weighted by atomic mass is 9.95. The molecule has 140 valence electrons. The summed E-state index contributed by atoms with van der Waals surface area (Å²) < 4.78 is 11.4. The minimum absolute atomic E-state index is 0.102. The van der Waals surface area contributed by atoms with Gasteiger partial charge in [-0.3, -0.25) is 4.79 Å². The molecule has 0 saturated carbocycles. The zero-order valence-corrected chi connectivity index (χ0v) is 16.2. The Balaban J connectivity index is 1.67. The van der Waals surface area contributed by atoms with Crippen molar-refractivity contribution in [3.63, 3.8) is 0 Å². The van der Waals surface area contributed by atoms with Gasteiger partial charge in [0.2, 0.25) is 0 Å². The van der Waals surface area contributed by atoms with Gasteiger partial charge in [-0.2, -0.15) is 0 Å². The first-order valence-electron chi connectivity index (χ1n) is 9.85. The number of hydrogen-bond donors (Lipinski definition) is 0. The summed E-state index contributed by atoms with van der Waals surface area (Å²) in [7, 11) is 0. The maximum atomic E-state index is 12.3. The summed E-state index contributed by atoms with van der Waals surface area (Å²) in [6.45, 7) is 7.96. The second-order valence-corrected chi connectivity index (χ2v) is 8.04. The van der Waals surface area contributed by atoms with E-state index in [1.165, 1.54) is 31.2 Å². The predicted octanol–water partition coefficient (Wildman–Crippen LogP) is 5.56. The minimum Gasteiger partial charge on any atom is -0.352 e. The monoisotopic (exact) mass is 346 g/mol. The highest BCUT2D eigenvalue weighted by molar-refractivity contribution is 5.96. The van der Waals surface area contributed by atoms with Crippen molar-refractivity contribution in [2.45, 2.75) is 78.4 Å². The van der Waals surface area contributed by atoms with Gasteiger partial charge in [-0.25, -0.2) is 0 Å². The van der Waals surface area contributed by atoms with Crippen LogP contribution in [-0.4, -0.2) is 25.3 Å². The number of unbranched alkanes of at least 4 members (excludes halogenated alkanes) is 3. The van der Waals surface area contributed by atoms with E-state index < -0.39 is 0 Å². The molecule has 0 bridgehead atoms. The van der Waals surface area contributed by atoms with Crippen molar-refractivity contribution < 1.29 is 14.3 Å². The number of aryl methyl sites for hydroxylation is 1. The lowest BCUT2D eigenvalue weighted by Gasteiger charge is -2.34. The number of ether oxygens (including phenoxy) is 2. The smallest absolute Gasteiger partial charge is 0.162 e. The van der Waals surface area contributed by atoms with Crippen LogP contribution in [0.15, 0.2) is 24.3 Å². The molecule has 0 N–H and O–H groups in total. The first kappa shape index (κ1) is 20.1. The second kappa shape index (κ2) is 10.1. The lowest BCUT2D eigenvalue weighted by Crippen LogP contribution is -2.37. The topological polar surface area (TPSA) is 35.5 Å². The molecule has 0 amide bonds. The van der Waals surface area contributed by atoms with Gasteiger partial charge < -0.3 is 9.47 Å². The Morgan fingerprint density at radius 2 is 1.72 bits per heavy atom. The van der Waals surface area contributed by atoms with Gasteiger partial charge in [0.15, 0.2) is 12.1 Å². The highest BCUT2D eigenvalue weighted by Crippen LogP contribution is 2.25. The number of hydrogen-bond acceptors (Lipinski definition) is 3. The number of carbonyl (C=O) groups is 1. The summed E-state index contributed by atoms with van der Waals surface area (Å²) in [5.41, 5.74) is 2.26. The van der Waals surface area contributed by atoms with Gasteiger partial charge >= 0.3 is 0 Å². The molecule has 1 aromatic rings. The van der Waals surface area contributed by atoms with E-state index in [1.54, 1.807) is 0 Å². The fourth-order valence-corrected chi connectivity index (χ4v) is 3.08. The molecule has 3 heteroatoms. The summed E-state index contributed by atoms with van der Waals surface area (Å²) in [5, 5.41) is 0. The average Bonchev–Trinajstić information content (AvgIpc) is 2.60. The normalized spacial score (nSPS) is 17.6. The molecular formula is C22H34O3. The second-order valence-electron chi connectivity index (χ2n) is 8.04. The molecule has 3 nitrogen and oxygen atoms in total. The molecule has 1 saturated heterocycles. The maximum absolute atomic E-state index is 12.3. The van der Waals surface area contributed by atoms with E-state index in [4.69, 9.17) is 9.47 Å². The number of ketones is 1. The van der Waals surface area contributed by atoms with Gasteiger partial charge in [0.25, 0.3) is 0 Å². The van der Waals surface area contributed by atoms with Gasteiger partial charge in [-0.1, -0.05) is 64.3 Å². The Bertz CT molecular complexity index is 509. The molecule has 2 rings (SSSR count). The SMILES string of the molecule is CCCCCCc1ccc(C(=O)CCCC2OCC(C)(C)CO2)cc1. The van der Waals surface area contributed by atoms with E-state index in [0.717, 1.165) is 38.0 Å². The van der Waals surface area contributed by atoms with Crippen molar-refractivity contribution >= 4 is 5.78 Å². The van der Waals surface area contributed by atoms with Crippen molar-refractivity contribution in [3.8, 4) is 0 Å². The molecular weight excluding hydrogens is 312 g/mol. The van der Waals surface area contributed by atoms with E-state index in [9.17, 15) is 4.79 Å². The summed E-state index contributed by atoms with van der Waals surface area (Å²) in [4.78, 5) is 12.3. The molecule has 1 aliphatic rings. The first-order valence-corrected chi connectivity index (χ1v) is 9.85. The van der Waals surface area contributed by atoms with E-state index in [0.29, 0.717) is 6.42 Å². The molecule has 0 aromatic heterocycles. The fourth-order valence-electron chi connectivity index (χ4n) is 3.08. The Hall–Kier alpha value is -1.19. The lowest BCUT2D eigenvalue weighted by molar-refractivity contribution is -0.223. The Morgan fingerprint density at radius 1 is 1.04 bits per heavy atom. The van der Waals surface area contributed by atoms with Crippen LogP contribution in [0.3, 0.4) is 0 Å². The fraction of sp³-hybridized carbons (Fsp3) is 0.682. The summed E-state index contributed by atoms with van der Waals surface area (Å²) in [6, 6.07) is 8.17.